The first-order valence-corrected chi connectivity index (χ1v) is 6.94. The van der Waals surface area contributed by atoms with Gasteiger partial charge in [0.25, 0.3) is 0 Å². The minimum atomic E-state index is -3.78. The number of nitrogens with zero attached hydrogens (tertiary/aromatic N) is 2. The molecule has 1 aromatic rings. The summed E-state index contributed by atoms with van der Waals surface area (Å²) >= 11 is 0. The zero-order valence-corrected chi connectivity index (χ0v) is 12.5. The maximum atomic E-state index is 14.3. The Bertz CT molecular complexity index is 651. The average Bonchev–Trinajstić information content (AvgIpc) is 2.70. The van der Waals surface area contributed by atoms with Crippen LogP contribution in [0, 0.1) is 0 Å². The van der Waals surface area contributed by atoms with Gasteiger partial charge in [-0.1, -0.05) is 6.92 Å². The van der Waals surface area contributed by atoms with Gasteiger partial charge in [0.2, 0.25) is 6.23 Å². The van der Waals surface area contributed by atoms with Gasteiger partial charge in [-0.2, -0.15) is 13.8 Å². The van der Waals surface area contributed by atoms with Crippen molar-refractivity contribution >= 4 is 11.8 Å². The zero-order valence-electron chi connectivity index (χ0n) is 12.5. The topological polar surface area (TPSA) is 117 Å². The van der Waals surface area contributed by atoms with Gasteiger partial charge in [0.1, 0.15) is 18.0 Å². The number of nitrogens with two attached hydrogens (primary N) is 1. The van der Waals surface area contributed by atoms with E-state index in [0.29, 0.717) is 4.57 Å². The van der Waals surface area contributed by atoms with Crippen LogP contribution >= 0.6 is 0 Å². The maximum Gasteiger partial charge on any atom is 0.351 e. The molecule has 0 saturated carbocycles. The Kier molecular flexibility index (Phi) is 4.66. The standard InChI is InChI=1S/C13H17F2N3O5/c1-3-8(19)22-6(2)9-10(20)13(14,15)11(23-9)18-5-4-7(16)17-12(18)21/h4-6,9-11,20H,3H2,1-2H3,(H2,16,17,21)/t6-,9+,10+,11+/m0/s1. The molecule has 1 aliphatic rings. The van der Waals surface area contributed by atoms with Crippen molar-refractivity contribution in [2.75, 3.05) is 5.73 Å². The van der Waals surface area contributed by atoms with Crippen LogP contribution in [-0.4, -0.2) is 44.9 Å². The lowest BCUT2D eigenvalue weighted by atomic mass is 10.1. The number of aromatic nitrogens is 2. The number of aliphatic hydroxyl groups excluding tert-OH is 1. The van der Waals surface area contributed by atoms with E-state index in [2.05, 4.69) is 4.98 Å². The van der Waals surface area contributed by atoms with E-state index in [9.17, 15) is 23.5 Å². The number of anilines is 1. The molecule has 0 unspecified atom stereocenters. The molecule has 1 saturated heterocycles. The number of hydrogen-bond acceptors (Lipinski definition) is 7. The molecule has 0 spiro atoms. The molecule has 1 aromatic heterocycles. The van der Waals surface area contributed by atoms with Crippen molar-refractivity contribution in [3.8, 4) is 0 Å². The summed E-state index contributed by atoms with van der Waals surface area (Å²) in [4.78, 5) is 26.3. The summed E-state index contributed by atoms with van der Waals surface area (Å²) in [5, 5.41) is 9.82. The minimum absolute atomic E-state index is 0.0499. The second-order valence-electron chi connectivity index (χ2n) is 5.16. The average molecular weight is 333 g/mol. The van der Waals surface area contributed by atoms with E-state index in [4.69, 9.17) is 15.2 Å². The number of rotatable bonds is 4. The first-order valence-electron chi connectivity index (χ1n) is 6.94. The van der Waals surface area contributed by atoms with Gasteiger partial charge in [-0.25, -0.2) is 4.79 Å². The molecule has 2 heterocycles. The third-order valence-electron chi connectivity index (χ3n) is 3.49. The monoisotopic (exact) mass is 333 g/mol. The van der Waals surface area contributed by atoms with Crippen molar-refractivity contribution in [2.45, 2.75) is 50.7 Å². The molecule has 8 nitrogen and oxygen atoms in total. The molecular formula is C13H17F2N3O5. The van der Waals surface area contributed by atoms with E-state index in [1.165, 1.54) is 13.8 Å². The molecule has 23 heavy (non-hydrogen) atoms. The van der Waals surface area contributed by atoms with Gasteiger partial charge >= 0.3 is 17.6 Å². The third kappa shape index (κ3) is 3.17. The highest BCUT2D eigenvalue weighted by atomic mass is 19.3. The second-order valence-corrected chi connectivity index (χ2v) is 5.16. The van der Waals surface area contributed by atoms with E-state index < -0.39 is 42.1 Å². The minimum Gasteiger partial charge on any atom is -0.460 e. The van der Waals surface area contributed by atoms with Crippen molar-refractivity contribution in [1.29, 1.82) is 0 Å². The first kappa shape index (κ1) is 17.3. The molecule has 2 rings (SSSR count). The molecule has 3 N–H and O–H groups in total. The van der Waals surface area contributed by atoms with Crippen molar-refractivity contribution in [3.05, 3.63) is 22.7 Å². The van der Waals surface area contributed by atoms with Crippen LogP contribution < -0.4 is 11.4 Å². The van der Waals surface area contributed by atoms with E-state index in [1.54, 1.807) is 0 Å². The van der Waals surface area contributed by atoms with Gasteiger partial charge in [-0.3, -0.25) is 9.36 Å². The van der Waals surface area contributed by atoms with Crippen LogP contribution in [0.5, 0.6) is 0 Å². The molecule has 128 valence electrons. The van der Waals surface area contributed by atoms with Crippen LogP contribution in [0.3, 0.4) is 0 Å². The number of carbonyl (C=O) groups excluding carboxylic acids is 1. The van der Waals surface area contributed by atoms with Crippen LogP contribution in [-0.2, 0) is 14.3 Å². The van der Waals surface area contributed by atoms with Crippen LogP contribution in [0.25, 0.3) is 0 Å². The lowest BCUT2D eigenvalue weighted by molar-refractivity contribution is -0.160. The van der Waals surface area contributed by atoms with Crippen LogP contribution in [0.1, 0.15) is 26.5 Å². The van der Waals surface area contributed by atoms with Crippen molar-refractivity contribution in [2.24, 2.45) is 0 Å². The fraction of sp³-hybridized carbons (Fsp3) is 0.615. The van der Waals surface area contributed by atoms with Gasteiger partial charge in [0, 0.05) is 12.6 Å². The Morgan fingerprint density at radius 3 is 2.87 bits per heavy atom. The second kappa shape index (κ2) is 6.20. The van der Waals surface area contributed by atoms with E-state index in [0.717, 1.165) is 12.3 Å². The Labute approximate surface area is 129 Å². The van der Waals surface area contributed by atoms with Gasteiger partial charge < -0.3 is 20.3 Å². The molecule has 1 aliphatic heterocycles. The van der Waals surface area contributed by atoms with Gasteiger partial charge in [0.05, 0.1) is 0 Å². The van der Waals surface area contributed by atoms with Crippen molar-refractivity contribution in [3.63, 3.8) is 0 Å². The Balaban J connectivity index is 2.29. The molecule has 0 aliphatic carbocycles. The number of alkyl halides is 2. The lowest BCUT2D eigenvalue weighted by Crippen LogP contribution is -2.44. The Hall–Kier alpha value is -2.07. The zero-order chi connectivity index (χ0) is 17.4. The number of ether oxygens (including phenoxy) is 2. The number of nitrogen functional groups attached to an aromatic ring is 1. The van der Waals surface area contributed by atoms with E-state index in [1.807, 2.05) is 0 Å². The highest BCUT2D eigenvalue weighted by molar-refractivity contribution is 5.69. The number of esters is 1. The van der Waals surface area contributed by atoms with Gasteiger partial charge in [-0.05, 0) is 13.0 Å². The molecule has 4 atom stereocenters. The predicted molar refractivity (Wildman–Crippen MR) is 73.6 cm³/mol. The van der Waals surface area contributed by atoms with Gasteiger partial charge in [-0.15, -0.1) is 0 Å². The molecule has 0 bridgehead atoms. The molecule has 1 fully saturated rings. The van der Waals surface area contributed by atoms with Crippen LogP contribution in [0.15, 0.2) is 17.1 Å². The Morgan fingerprint density at radius 2 is 2.30 bits per heavy atom. The van der Waals surface area contributed by atoms with Crippen LogP contribution in [0.2, 0.25) is 0 Å². The first-order chi connectivity index (χ1) is 10.7. The highest BCUT2D eigenvalue weighted by Crippen LogP contribution is 2.43. The fourth-order valence-corrected chi connectivity index (χ4v) is 2.26. The van der Waals surface area contributed by atoms with Crippen LogP contribution in [0.4, 0.5) is 14.6 Å². The molecule has 0 aromatic carbocycles. The fourth-order valence-electron chi connectivity index (χ4n) is 2.26. The predicted octanol–water partition coefficient (Wildman–Crippen LogP) is 0.0608. The highest BCUT2D eigenvalue weighted by Gasteiger charge is 2.61. The largest absolute Gasteiger partial charge is 0.460 e. The normalized spacial score (nSPS) is 27.6. The van der Waals surface area contributed by atoms with E-state index >= 15 is 0 Å². The molecule has 0 amide bonds. The molecule has 0 radical (unpaired) electrons. The number of halogens is 2. The number of aliphatic hydroxyl groups is 1. The summed E-state index contributed by atoms with van der Waals surface area (Å²) in [5.41, 5.74) is 4.27. The number of carbonyl (C=O) groups is 1. The lowest BCUT2D eigenvalue weighted by Gasteiger charge is -2.22. The van der Waals surface area contributed by atoms with Crippen molar-refractivity contribution in [1.82, 2.24) is 9.55 Å². The maximum absolute atomic E-state index is 14.3. The molecule has 10 heteroatoms. The van der Waals surface area contributed by atoms with Crippen molar-refractivity contribution < 1.29 is 28.2 Å². The SMILES string of the molecule is CCC(=O)O[C@@H](C)[C@H]1O[C@@H](n2ccc(N)nc2=O)C(F)(F)[C@@H]1O. The summed E-state index contributed by atoms with van der Waals surface area (Å²) in [6.45, 7) is 2.86. The van der Waals surface area contributed by atoms with E-state index in [-0.39, 0.29) is 12.2 Å². The number of hydrogen-bond donors (Lipinski definition) is 2. The Morgan fingerprint density at radius 1 is 1.65 bits per heavy atom. The summed E-state index contributed by atoms with van der Waals surface area (Å²) in [5.74, 6) is -4.53. The smallest absolute Gasteiger partial charge is 0.351 e. The third-order valence-corrected chi connectivity index (χ3v) is 3.49. The summed E-state index contributed by atoms with van der Waals surface area (Å²) in [6.07, 6.45) is -5.89. The summed E-state index contributed by atoms with van der Waals surface area (Å²) in [7, 11) is 0. The summed E-state index contributed by atoms with van der Waals surface area (Å²) in [6, 6.07) is 1.15. The van der Waals surface area contributed by atoms with Gasteiger partial charge in [0.15, 0.2) is 6.10 Å². The quantitative estimate of drug-likeness (QED) is 0.748. The molecular weight excluding hydrogens is 316 g/mol. The summed E-state index contributed by atoms with van der Waals surface area (Å²) < 4.78 is 39.1.